The highest BCUT2D eigenvalue weighted by atomic mass is 17.2. The van der Waals surface area contributed by atoms with Gasteiger partial charge in [-0.1, -0.05) is 0 Å². The first kappa shape index (κ1) is 9.79. The minimum atomic E-state index is -0.0141. The maximum atomic E-state index is 8.48. The standard InChI is InChI=1S/C8H11NO4/c10-5-6-12-8-3-1-7(2-4-8)9-13-11/h1-4,9-11H,5-6H2. The largest absolute Gasteiger partial charge is 0.491 e. The second-order valence-electron chi connectivity index (χ2n) is 2.29. The molecule has 0 aliphatic rings. The number of benzene rings is 1. The normalized spacial score (nSPS) is 9.69. The van der Waals surface area contributed by atoms with E-state index in [-0.39, 0.29) is 13.2 Å². The second-order valence-corrected chi connectivity index (χ2v) is 2.29. The molecule has 72 valence electrons. The van der Waals surface area contributed by atoms with Crippen LogP contribution in [0.15, 0.2) is 24.3 Å². The molecule has 0 aromatic heterocycles. The molecule has 0 aliphatic carbocycles. The number of ether oxygens (including phenoxy) is 1. The molecule has 0 heterocycles. The van der Waals surface area contributed by atoms with Gasteiger partial charge in [-0.2, -0.15) is 0 Å². The zero-order chi connectivity index (χ0) is 9.52. The number of aliphatic hydroxyl groups excluding tert-OH is 1. The van der Waals surface area contributed by atoms with Crippen molar-refractivity contribution in [3.05, 3.63) is 24.3 Å². The Morgan fingerprint density at radius 3 is 2.46 bits per heavy atom. The van der Waals surface area contributed by atoms with Crippen molar-refractivity contribution in [3.63, 3.8) is 0 Å². The molecule has 0 amide bonds. The molecule has 0 aliphatic heterocycles. The van der Waals surface area contributed by atoms with Gasteiger partial charge in [0, 0.05) is 0 Å². The summed E-state index contributed by atoms with van der Waals surface area (Å²) < 4.78 is 5.11. The molecule has 0 saturated carbocycles. The van der Waals surface area contributed by atoms with Crippen LogP contribution in [0.2, 0.25) is 0 Å². The van der Waals surface area contributed by atoms with Crippen LogP contribution in [0.5, 0.6) is 5.75 Å². The first-order valence-electron chi connectivity index (χ1n) is 3.77. The van der Waals surface area contributed by atoms with Gasteiger partial charge in [-0.05, 0) is 24.3 Å². The van der Waals surface area contributed by atoms with Gasteiger partial charge in [0.1, 0.15) is 12.4 Å². The number of hydrogen-bond acceptors (Lipinski definition) is 5. The SMILES string of the molecule is OCCOc1ccc(NOO)cc1. The first-order valence-corrected chi connectivity index (χ1v) is 3.77. The molecule has 0 fully saturated rings. The summed E-state index contributed by atoms with van der Waals surface area (Å²) in [4.78, 5) is 3.72. The molecule has 0 bridgehead atoms. The Balaban J connectivity index is 2.48. The third-order valence-corrected chi connectivity index (χ3v) is 1.38. The maximum absolute atomic E-state index is 8.48. The Bertz CT molecular complexity index is 236. The van der Waals surface area contributed by atoms with E-state index in [0.717, 1.165) is 0 Å². The molecule has 5 nitrogen and oxygen atoms in total. The van der Waals surface area contributed by atoms with Crippen LogP contribution in [0.1, 0.15) is 0 Å². The molecule has 13 heavy (non-hydrogen) atoms. The second kappa shape index (κ2) is 5.36. The summed E-state index contributed by atoms with van der Waals surface area (Å²) in [6, 6.07) is 6.72. The summed E-state index contributed by atoms with van der Waals surface area (Å²) in [6.45, 7) is 0.253. The molecule has 3 N–H and O–H groups in total. The van der Waals surface area contributed by atoms with Gasteiger partial charge < -0.3 is 9.84 Å². The summed E-state index contributed by atoms with van der Waals surface area (Å²) >= 11 is 0. The van der Waals surface area contributed by atoms with Crippen LogP contribution >= 0.6 is 0 Å². The molecular weight excluding hydrogens is 174 g/mol. The lowest BCUT2D eigenvalue weighted by atomic mass is 10.3. The monoisotopic (exact) mass is 185 g/mol. The van der Waals surface area contributed by atoms with Crippen LogP contribution in [-0.2, 0) is 4.99 Å². The Labute approximate surface area is 75.4 Å². The minimum absolute atomic E-state index is 0.0141. The Morgan fingerprint density at radius 2 is 1.92 bits per heavy atom. The lowest BCUT2D eigenvalue weighted by Crippen LogP contribution is -2.01. The van der Waals surface area contributed by atoms with Crippen molar-refractivity contribution in [1.29, 1.82) is 0 Å². The van der Waals surface area contributed by atoms with Crippen molar-refractivity contribution >= 4 is 5.69 Å². The summed E-state index contributed by atoms with van der Waals surface area (Å²) in [5.41, 5.74) is 2.85. The van der Waals surface area contributed by atoms with Crippen molar-refractivity contribution in [2.45, 2.75) is 0 Å². The predicted molar refractivity (Wildman–Crippen MR) is 46.4 cm³/mol. The Morgan fingerprint density at radius 1 is 1.23 bits per heavy atom. The average molecular weight is 185 g/mol. The predicted octanol–water partition coefficient (Wildman–Crippen LogP) is 0.874. The van der Waals surface area contributed by atoms with E-state index in [1.807, 2.05) is 0 Å². The third-order valence-electron chi connectivity index (χ3n) is 1.38. The van der Waals surface area contributed by atoms with Gasteiger partial charge in [0.15, 0.2) is 0 Å². The van der Waals surface area contributed by atoms with Gasteiger partial charge in [-0.25, -0.2) is 10.7 Å². The number of aliphatic hydroxyl groups is 1. The number of nitrogens with one attached hydrogen (secondary N) is 1. The van der Waals surface area contributed by atoms with Crippen LogP contribution in [0, 0.1) is 0 Å². The summed E-state index contributed by atoms with van der Waals surface area (Å²) in [5.74, 6) is 0.650. The quantitative estimate of drug-likeness (QED) is 0.469. The van der Waals surface area contributed by atoms with Crippen LogP contribution in [0.3, 0.4) is 0 Å². The molecule has 1 aromatic rings. The Hall–Kier alpha value is -1.30. The fraction of sp³-hybridized carbons (Fsp3) is 0.250. The van der Waals surface area contributed by atoms with Crippen LogP contribution in [0.4, 0.5) is 5.69 Å². The van der Waals surface area contributed by atoms with Crippen molar-refractivity contribution < 1.29 is 20.1 Å². The van der Waals surface area contributed by atoms with E-state index in [9.17, 15) is 0 Å². The van der Waals surface area contributed by atoms with Gasteiger partial charge in [0.2, 0.25) is 0 Å². The highest BCUT2D eigenvalue weighted by Crippen LogP contribution is 2.15. The summed E-state index contributed by atoms with van der Waals surface area (Å²) in [7, 11) is 0. The zero-order valence-corrected chi connectivity index (χ0v) is 6.93. The molecule has 1 rings (SSSR count). The molecule has 0 radical (unpaired) electrons. The summed E-state index contributed by atoms with van der Waals surface area (Å²) in [6.07, 6.45) is 0. The number of anilines is 1. The van der Waals surface area contributed by atoms with E-state index in [4.69, 9.17) is 15.1 Å². The maximum Gasteiger partial charge on any atom is 0.119 e. The highest BCUT2D eigenvalue weighted by molar-refractivity contribution is 5.44. The minimum Gasteiger partial charge on any atom is -0.491 e. The molecule has 0 unspecified atom stereocenters. The molecule has 0 saturated heterocycles. The van der Waals surface area contributed by atoms with Gasteiger partial charge in [0.05, 0.1) is 12.3 Å². The topological polar surface area (TPSA) is 71.0 Å². The van der Waals surface area contributed by atoms with Crippen molar-refractivity contribution in [2.75, 3.05) is 18.7 Å². The molecule has 0 atom stereocenters. The third kappa shape index (κ3) is 3.29. The van der Waals surface area contributed by atoms with E-state index in [1.165, 1.54) is 0 Å². The van der Waals surface area contributed by atoms with Crippen molar-refractivity contribution in [2.24, 2.45) is 0 Å². The lowest BCUT2D eigenvalue weighted by Gasteiger charge is -2.05. The Kier molecular flexibility index (Phi) is 4.04. The fourth-order valence-electron chi connectivity index (χ4n) is 0.835. The van der Waals surface area contributed by atoms with Gasteiger partial charge >= 0.3 is 0 Å². The van der Waals surface area contributed by atoms with E-state index in [2.05, 4.69) is 10.5 Å². The van der Waals surface area contributed by atoms with E-state index in [0.29, 0.717) is 11.4 Å². The molecule has 5 heteroatoms. The number of rotatable bonds is 5. The summed E-state index contributed by atoms with van der Waals surface area (Å²) in [5, 5.41) is 16.5. The number of hydrogen-bond donors (Lipinski definition) is 3. The highest BCUT2D eigenvalue weighted by Gasteiger charge is 1.93. The fourth-order valence-corrected chi connectivity index (χ4v) is 0.835. The molecule has 1 aromatic carbocycles. The van der Waals surface area contributed by atoms with Gasteiger partial charge in [-0.15, -0.1) is 4.99 Å². The van der Waals surface area contributed by atoms with Gasteiger partial charge in [0.25, 0.3) is 0 Å². The molecule has 0 spiro atoms. The smallest absolute Gasteiger partial charge is 0.119 e. The molecular formula is C8H11NO4. The average Bonchev–Trinajstić information content (AvgIpc) is 2.17. The van der Waals surface area contributed by atoms with E-state index < -0.39 is 0 Å². The first-order chi connectivity index (χ1) is 6.36. The van der Waals surface area contributed by atoms with E-state index in [1.54, 1.807) is 24.3 Å². The van der Waals surface area contributed by atoms with Crippen molar-refractivity contribution in [1.82, 2.24) is 0 Å². The van der Waals surface area contributed by atoms with Crippen molar-refractivity contribution in [3.8, 4) is 5.75 Å². The lowest BCUT2D eigenvalue weighted by molar-refractivity contribution is -0.215. The van der Waals surface area contributed by atoms with E-state index >= 15 is 0 Å². The van der Waals surface area contributed by atoms with Crippen LogP contribution in [0.25, 0.3) is 0 Å². The van der Waals surface area contributed by atoms with Crippen LogP contribution < -0.4 is 10.2 Å². The van der Waals surface area contributed by atoms with Gasteiger partial charge in [-0.3, -0.25) is 0 Å². The van der Waals surface area contributed by atoms with Crippen LogP contribution in [-0.4, -0.2) is 23.6 Å². The zero-order valence-electron chi connectivity index (χ0n) is 6.93.